The van der Waals surface area contributed by atoms with Crippen molar-refractivity contribution in [2.75, 3.05) is 26.7 Å². The van der Waals surface area contributed by atoms with Gasteiger partial charge >= 0.3 is 0 Å². The molecule has 1 N–H and O–H groups in total. The second-order valence-corrected chi connectivity index (χ2v) is 5.26. The van der Waals surface area contributed by atoms with Crippen molar-refractivity contribution in [1.82, 2.24) is 10.2 Å². The molecule has 0 aromatic heterocycles. The Hall–Kier alpha value is -1.39. The molecule has 0 unspecified atom stereocenters. The molecule has 1 aromatic carbocycles. The van der Waals surface area contributed by atoms with Crippen LogP contribution in [0.15, 0.2) is 24.3 Å². The largest absolute Gasteiger partial charge is 0.380 e. The molecule has 1 heterocycles. The number of nitrogens with zero attached hydrogens (tertiary/aromatic N) is 1. The number of rotatable bonds is 7. The van der Waals surface area contributed by atoms with Gasteiger partial charge in [0.1, 0.15) is 0 Å². The van der Waals surface area contributed by atoms with Gasteiger partial charge in [0.15, 0.2) is 0 Å². The predicted octanol–water partition coefficient (Wildman–Crippen LogP) is 1.94. The predicted molar refractivity (Wildman–Crippen MR) is 79.3 cm³/mol. The minimum absolute atomic E-state index is 0.283. The topological polar surface area (TPSA) is 41.6 Å². The highest BCUT2D eigenvalue weighted by Gasteiger charge is 2.16. The van der Waals surface area contributed by atoms with Gasteiger partial charge in [-0.2, -0.15) is 0 Å². The van der Waals surface area contributed by atoms with E-state index in [0.717, 1.165) is 39.0 Å². The number of nitrogens with one attached hydrogen (secondary N) is 1. The third kappa shape index (κ3) is 4.62. The van der Waals surface area contributed by atoms with Crippen LogP contribution in [-0.4, -0.2) is 37.6 Å². The molecule has 0 spiro atoms. The number of amides is 1. The lowest BCUT2D eigenvalue weighted by Gasteiger charge is -2.15. The number of ether oxygens (including phenoxy) is 1. The van der Waals surface area contributed by atoms with Crippen LogP contribution in [0.1, 0.15) is 30.4 Å². The number of carbonyl (C=O) groups excluding carboxylic acids is 1. The van der Waals surface area contributed by atoms with Crippen LogP contribution in [0.5, 0.6) is 0 Å². The van der Waals surface area contributed by atoms with Gasteiger partial charge in [0.2, 0.25) is 5.91 Å². The maximum absolute atomic E-state index is 11.8. The monoisotopic (exact) mass is 276 g/mol. The normalized spacial score (nSPS) is 14.8. The summed E-state index contributed by atoms with van der Waals surface area (Å²) in [6, 6.07) is 8.36. The molecule has 4 nitrogen and oxygen atoms in total. The highest BCUT2D eigenvalue weighted by Crippen LogP contribution is 2.08. The average Bonchev–Trinajstić information content (AvgIpc) is 3.00. The Morgan fingerprint density at radius 1 is 1.20 bits per heavy atom. The summed E-state index contributed by atoms with van der Waals surface area (Å²) in [5, 5.41) is 3.33. The van der Waals surface area contributed by atoms with E-state index in [1.807, 2.05) is 4.90 Å². The Bertz CT molecular complexity index is 411. The fraction of sp³-hybridized carbons (Fsp3) is 0.562. The first-order valence-corrected chi connectivity index (χ1v) is 7.35. The lowest BCUT2D eigenvalue weighted by Crippen LogP contribution is -2.30. The number of carbonyl (C=O) groups is 1. The van der Waals surface area contributed by atoms with Crippen LogP contribution in [-0.2, 0) is 22.7 Å². The lowest BCUT2D eigenvalue weighted by molar-refractivity contribution is -0.130. The number of benzene rings is 1. The van der Waals surface area contributed by atoms with Gasteiger partial charge in [0.25, 0.3) is 0 Å². The first-order valence-electron chi connectivity index (χ1n) is 7.35. The molecule has 110 valence electrons. The Morgan fingerprint density at radius 3 is 2.50 bits per heavy atom. The zero-order chi connectivity index (χ0) is 14.2. The zero-order valence-electron chi connectivity index (χ0n) is 12.2. The quantitative estimate of drug-likeness (QED) is 0.774. The molecule has 0 saturated carbocycles. The maximum atomic E-state index is 11.8. The van der Waals surface area contributed by atoms with Crippen molar-refractivity contribution in [1.29, 1.82) is 0 Å². The Labute approximate surface area is 121 Å². The van der Waals surface area contributed by atoms with Crippen molar-refractivity contribution in [3.05, 3.63) is 35.4 Å². The third-order valence-electron chi connectivity index (χ3n) is 3.64. The molecule has 0 bridgehead atoms. The molecule has 1 aliphatic rings. The second kappa shape index (κ2) is 8.02. The van der Waals surface area contributed by atoms with Gasteiger partial charge in [-0.15, -0.1) is 0 Å². The summed E-state index contributed by atoms with van der Waals surface area (Å²) < 4.78 is 5.08. The molecule has 0 aliphatic carbocycles. The molecule has 0 atom stereocenters. The Balaban J connectivity index is 1.63. The van der Waals surface area contributed by atoms with Crippen molar-refractivity contribution < 1.29 is 9.53 Å². The summed E-state index contributed by atoms with van der Waals surface area (Å²) in [5.41, 5.74) is 2.42. The summed E-state index contributed by atoms with van der Waals surface area (Å²) in [6.07, 6.45) is 2.92. The standard InChI is InChI=1S/C16H24N2O2/c1-20-13-15-6-4-14(5-7-15)12-17-9-8-16(19)18-10-2-3-11-18/h4-7,17H,2-3,8-13H2,1H3. The average molecular weight is 276 g/mol. The van der Waals surface area contributed by atoms with Crippen LogP contribution in [0, 0.1) is 0 Å². The Morgan fingerprint density at radius 2 is 1.85 bits per heavy atom. The van der Waals surface area contributed by atoms with Crippen LogP contribution < -0.4 is 5.32 Å². The van der Waals surface area contributed by atoms with Crippen molar-refractivity contribution in [2.45, 2.75) is 32.4 Å². The van der Waals surface area contributed by atoms with E-state index in [-0.39, 0.29) is 5.91 Å². The molecule has 1 aliphatic heterocycles. The zero-order valence-corrected chi connectivity index (χ0v) is 12.2. The third-order valence-corrected chi connectivity index (χ3v) is 3.64. The summed E-state index contributed by atoms with van der Waals surface area (Å²) in [4.78, 5) is 13.8. The Kier molecular flexibility index (Phi) is 6.02. The smallest absolute Gasteiger partial charge is 0.223 e. The maximum Gasteiger partial charge on any atom is 0.223 e. The van der Waals surface area contributed by atoms with E-state index in [2.05, 4.69) is 29.6 Å². The van der Waals surface area contributed by atoms with Gasteiger partial charge in [-0.25, -0.2) is 0 Å². The summed E-state index contributed by atoms with van der Waals surface area (Å²) in [5.74, 6) is 0.283. The molecule has 1 saturated heterocycles. The molecule has 0 radical (unpaired) electrons. The van der Waals surface area contributed by atoms with E-state index in [4.69, 9.17) is 4.74 Å². The van der Waals surface area contributed by atoms with Crippen LogP contribution >= 0.6 is 0 Å². The van der Waals surface area contributed by atoms with E-state index in [1.54, 1.807) is 7.11 Å². The molecule has 1 fully saturated rings. The van der Waals surface area contributed by atoms with Gasteiger partial charge in [0, 0.05) is 39.7 Å². The summed E-state index contributed by atoms with van der Waals surface area (Å²) >= 11 is 0. The van der Waals surface area contributed by atoms with Crippen LogP contribution in [0.25, 0.3) is 0 Å². The van der Waals surface area contributed by atoms with Gasteiger partial charge in [-0.1, -0.05) is 24.3 Å². The second-order valence-electron chi connectivity index (χ2n) is 5.26. The molecular weight excluding hydrogens is 252 g/mol. The number of likely N-dealkylation sites (tertiary alicyclic amines) is 1. The van der Waals surface area contributed by atoms with Crippen molar-refractivity contribution in [3.63, 3.8) is 0 Å². The highest BCUT2D eigenvalue weighted by atomic mass is 16.5. The van der Waals surface area contributed by atoms with E-state index in [9.17, 15) is 4.79 Å². The fourth-order valence-electron chi connectivity index (χ4n) is 2.47. The summed E-state index contributed by atoms with van der Waals surface area (Å²) in [6.45, 7) is 4.09. The molecular formula is C16H24N2O2. The highest BCUT2D eigenvalue weighted by molar-refractivity contribution is 5.76. The van der Waals surface area contributed by atoms with E-state index in [0.29, 0.717) is 13.0 Å². The first-order chi connectivity index (χ1) is 9.79. The number of methoxy groups -OCH3 is 1. The lowest BCUT2D eigenvalue weighted by atomic mass is 10.1. The van der Waals surface area contributed by atoms with Crippen molar-refractivity contribution >= 4 is 5.91 Å². The number of hydrogen-bond donors (Lipinski definition) is 1. The SMILES string of the molecule is COCc1ccc(CNCCC(=O)N2CCCC2)cc1. The van der Waals surface area contributed by atoms with Crippen molar-refractivity contribution in [3.8, 4) is 0 Å². The minimum atomic E-state index is 0.283. The molecule has 1 aromatic rings. The summed E-state index contributed by atoms with van der Waals surface area (Å²) in [7, 11) is 1.70. The first kappa shape index (κ1) is 15.0. The minimum Gasteiger partial charge on any atom is -0.380 e. The molecule has 20 heavy (non-hydrogen) atoms. The number of hydrogen-bond acceptors (Lipinski definition) is 3. The van der Waals surface area contributed by atoms with Gasteiger partial charge in [0.05, 0.1) is 6.61 Å². The van der Waals surface area contributed by atoms with Gasteiger partial charge in [-0.05, 0) is 24.0 Å². The molecule has 4 heteroatoms. The fourth-order valence-corrected chi connectivity index (χ4v) is 2.47. The molecule has 2 rings (SSSR count). The van der Waals surface area contributed by atoms with Gasteiger partial charge < -0.3 is 15.0 Å². The van der Waals surface area contributed by atoms with E-state index >= 15 is 0 Å². The van der Waals surface area contributed by atoms with Crippen LogP contribution in [0.3, 0.4) is 0 Å². The molecule has 1 amide bonds. The van der Waals surface area contributed by atoms with Crippen molar-refractivity contribution in [2.24, 2.45) is 0 Å². The van der Waals surface area contributed by atoms with Crippen LogP contribution in [0.2, 0.25) is 0 Å². The van der Waals surface area contributed by atoms with E-state index in [1.165, 1.54) is 11.1 Å². The van der Waals surface area contributed by atoms with Crippen LogP contribution in [0.4, 0.5) is 0 Å². The van der Waals surface area contributed by atoms with Gasteiger partial charge in [-0.3, -0.25) is 4.79 Å². The van der Waals surface area contributed by atoms with E-state index < -0.39 is 0 Å².